The van der Waals surface area contributed by atoms with E-state index in [2.05, 4.69) is 16.0 Å². The number of ketones is 1. The standard InChI is InChI=1S/C26H22N2O2/c29-26-21(14-18-4-3-13-27-16-18)8-7-19-10-12-23(15-24(19)26)30-17-22-11-9-20-5-1-2-6-25(20)28-22/h1-6,9-13,15-16,21H,7-8,14,17H2. The van der Waals surface area contributed by atoms with Crippen LogP contribution in [0.25, 0.3) is 10.9 Å². The van der Waals surface area contributed by atoms with E-state index in [0.717, 1.165) is 52.5 Å². The lowest BCUT2D eigenvalue weighted by Crippen LogP contribution is -2.24. The molecule has 0 fully saturated rings. The van der Waals surface area contributed by atoms with Gasteiger partial charge in [-0.25, -0.2) is 4.98 Å². The van der Waals surface area contributed by atoms with Crippen molar-refractivity contribution in [3.63, 3.8) is 0 Å². The van der Waals surface area contributed by atoms with Crippen LogP contribution in [0, 0.1) is 5.92 Å². The summed E-state index contributed by atoms with van der Waals surface area (Å²) in [6.07, 6.45) is 6.13. The molecule has 0 saturated heterocycles. The zero-order valence-corrected chi connectivity index (χ0v) is 16.6. The molecule has 2 heterocycles. The summed E-state index contributed by atoms with van der Waals surface area (Å²) in [5.74, 6) is 0.910. The Balaban J connectivity index is 1.31. The van der Waals surface area contributed by atoms with Crippen LogP contribution in [-0.2, 0) is 19.4 Å². The Labute approximate surface area is 175 Å². The fourth-order valence-electron chi connectivity index (χ4n) is 4.12. The van der Waals surface area contributed by atoms with E-state index >= 15 is 0 Å². The third-order valence-electron chi connectivity index (χ3n) is 5.73. The van der Waals surface area contributed by atoms with Crippen LogP contribution < -0.4 is 4.74 Å². The van der Waals surface area contributed by atoms with Crippen LogP contribution in [0.3, 0.4) is 0 Å². The number of carbonyl (C=O) groups excluding carboxylic acids is 1. The second kappa shape index (κ2) is 8.07. The van der Waals surface area contributed by atoms with E-state index in [9.17, 15) is 4.79 Å². The van der Waals surface area contributed by atoms with Crippen molar-refractivity contribution in [2.24, 2.45) is 5.92 Å². The number of ether oxygens (including phenoxy) is 1. The number of aryl methyl sites for hydroxylation is 1. The van der Waals surface area contributed by atoms with Gasteiger partial charge in [-0.05, 0) is 60.7 Å². The second-order valence-electron chi connectivity index (χ2n) is 7.77. The lowest BCUT2D eigenvalue weighted by Gasteiger charge is -2.24. The summed E-state index contributed by atoms with van der Waals surface area (Å²) in [7, 11) is 0. The summed E-state index contributed by atoms with van der Waals surface area (Å²) in [6.45, 7) is 0.372. The molecule has 1 aliphatic rings. The topological polar surface area (TPSA) is 52.1 Å². The van der Waals surface area contributed by atoms with Crippen LogP contribution in [0.4, 0.5) is 0 Å². The van der Waals surface area contributed by atoms with Gasteiger partial charge in [0.15, 0.2) is 5.78 Å². The Kier molecular flexibility index (Phi) is 4.98. The summed E-state index contributed by atoms with van der Waals surface area (Å²) in [6, 6.07) is 21.9. The monoisotopic (exact) mass is 394 g/mol. The minimum absolute atomic E-state index is 0.000829. The van der Waals surface area contributed by atoms with E-state index < -0.39 is 0 Å². The first-order valence-electron chi connectivity index (χ1n) is 10.3. The van der Waals surface area contributed by atoms with Crippen molar-refractivity contribution in [1.29, 1.82) is 0 Å². The molecule has 0 bridgehead atoms. The highest BCUT2D eigenvalue weighted by Gasteiger charge is 2.28. The highest BCUT2D eigenvalue weighted by molar-refractivity contribution is 6.00. The molecule has 4 heteroatoms. The summed E-state index contributed by atoms with van der Waals surface area (Å²) < 4.78 is 5.98. The number of pyridine rings is 2. The van der Waals surface area contributed by atoms with Gasteiger partial charge in [0.1, 0.15) is 12.4 Å². The predicted octanol–water partition coefficient (Wildman–Crippen LogP) is 5.20. The van der Waals surface area contributed by atoms with E-state index in [-0.39, 0.29) is 11.7 Å². The number of rotatable bonds is 5. The van der Waals surface area contributed by atoms with E-state index in [4.69, 9.17) is 4.74 Å². The average Bonchev–Trinajstić information content (AvgIpc) is 2.80. The highest BCUT2D eigenvalue weighted by Crippen LogP contribution is 2.31. The zero-order chi connectivity index (χ0) is 20.3. The van der Waals surface area contributed by atoms with Crippen LogP contribution in [-0.4, -0.2) is 15.8 Å². The molecule has 4 aromatic rings. The summed E-state index contributed by atoms with van der Waals surface area (Å²) in [5, 5.41) is 1.11. The predicted molar refractivity (Wildman–Crippen MR) is 117 cm³/mol. The molecule has 4 nitrogen and oxygen atoms in total. The van der Waals surface area contributed by atoms with E-state index in [1.54, 1.807) is 6.20 Å². The van der Waals surface area contributed by atoms with Gasteiger partial charge >= 0.3 is 0 Å². The quantitative estimate of drug-likeness (QED) is 0.467. The smallest absolute Gasteiger partial charge is 0.166 e. The molecule has 0 spiro atoms. The zero-order valence-electron chi connectivity index (χ0n) is 16.6. The fraction of sp³-hybridized carbons (Fsp3) is 0.192. The number of carbonyl (C=O) groups is 1. The van der Waals surface area contributed by atoms with Crippen LogP contribution >= 0.6 is 0 Å². The molecule has 148 valence electrons. The van der Waals surface area contributed by atoms with E-state index in [1.165, 1.54) is 0 Å². The third-order valence-corrected chi connectivity index (χ3v) is 5.73. The molecule has 0 amide bonds. The Hall–Kier alpha value is -3.53. The Morgan fingerprint density at radius 3 is 2.83 bits per heavy atom. The van der Waals surface area contributed by atoms with Crippen LogP contribution in [0.2, 0.25) is 0 Å². The maximum atomic E-state index is 13.1. The van der Waals surface area contributed by atoms with Gasteiger partial charge in [0.05, 0.1) is 11.2 Å². The van der Waals surface area contributed by atoms with Gasteiger partial charge in [-0.1, -0.05) is 36.4 Å². The molecule has 2 aromatic carbocycles. The molecule has 0 aliphatic heterocycles. The van der Waals surface area contributed by atoms with Gasteiger partial charge < -0.3 is 4.74 Å². The molecule has 1 atom stereocenters. The molecule has 0 N–H and O–H groups in total. The number of fused-ring (bicyclic) bond motifs is 2. The number of benzene rings is 2. The second-order valence-corrected chi connectivity index (χ2v) is 7.77. The van der Waals surface area contributed by atoms with Crippen molar-refractivity contribution in [2.45, 2.75) is 25.9 Å². The molecular weight excluding hydrogens is 372 g/mol. The minimum atomic E-state index is -0.000829. The first-order valence-corrected chi connectivity index (χ1v) is 10.3. The summed E-state index contributed by atoms with van der Waals surface area (Å²) in [5.41, 5.74) is 4.83. The summed E-state index contributed by atoms with van der Waals surface area (Å²) >= 11 is 0. The van der Waals surface area contributed by atoms with Crippen molar-refractivity contribution in [1.82, 2.24) is 9.97 Å². The normalized spacial score (nSPS) is 15.7. The number of aromatic nitrogens is 2. The Bertz CT molecular complexity index is 1200. The Morgan fingerprint density at radius 1 is 1.00 bits per heavy atom. The van der Waals surface area contributed by atoms with Crippen LogP contribution in [0.15, 0.2) is 79.1 Å². The van der Waals surface area contributed by atoms with E-state index in [0.29, 0.717) is 12.4 Å². The SMILES string of the molecule is O=C1c2cc(OCc3ccc4ccccc4n3)ccc2CCC1Cc1cccnc1. The number of hydrogen-bond donors (Lipinski definition) is 0. The Morgan fingerprint density at radius 2 is 1.93 bits per heavy atom. The molecule has 0 saturated carbocycles. The number of Topliss-reactive ketones (excluding diaryl/α,β-unsaturated/α-hetero) is 1. The summed E-state index contributed by atoms with van der Waals surface area (Å²) in [4.78, 5) is 21.9. The molecule has 1 unspecified atom stereocenters. The maximum absolute atomic E-state index is 13.1. The van der Waals surface area contributed by atoms with Crippen LogP contribution in [0.1, 0.15) is 33.6 Å². The number of nitrogens with zero attached hydrogens (tertiary/aromatic N) is 2. The molecule has 2 aromatic heterocycles. The minimum Gasteiger partial charge on any atom is -0.487 e. The number of para-hydroxylation sites is 1. The third kappa shape index (κ3) is 3.81. The average molecular weight is 394 g/mol. The molecule has 30 heavy (non-hydrogen) atoms. The van der Waals surface area contributed by atoms with Gasteiger partial charge in [0.2, 0.25) is 0 Å². The lowest BCUT2D eigenvalue weighted by molar-refractivity contribution is 0.0900. The van der Waals surface area contributed by atoms with Gasteiger partial charge in [0, 0.05) is 29.3 Å². The van der Waals surface area contributed by atoms with Crippen molar-refractivity contribution < 1.29 is 9.53 Å². The molecular formula is C26H22N2O2. The first kappa shape index (κ1) is 18.5. The van der Waals surface area contributed by atoms with Gasteiger partial charge in [-0.3, -0.25) is 9.78 Å². The largest absolute Gasteiger partial charge is 0.487 e. The van der Waals surface area contributed by atoms with Crippen molar-refractivity contribution in [3.05, 3.63) is 102 Å². The fourth-order valence-corrected chi connectivity index (χ4v) is 4.12. The molecule has 0 radical (unpaired) electrons. The van der Waals surface area contributed by atoms with Crippen LogP contribution in [0.5, 0.6) is 5.75 Å². The van der Waals surface area contributed by atoms with E-state index in [1.807, 2.05) is 66.9 Å². The lowest BCUT2D eigenvalue weighted by atomic mass is 9.80. The number of hydrogen-bond acceptors (Lipinski definition) is 4. The first-order chi connectivity index (χ1) is 14.8. The van der Waals surface area contributed by atoms with Gasteiger partial charge in [-0.2, -0.15) is 0 Å². The molecule has 5 rings (SSSR count). The van der Waals surface area contributed by atoms with Gasteiger partial charge in [0.25, 0.3) is 0 Å². The highest BCUT2D eigenvalue weighted by atomic mass is 16.5. The van der Waals surface area contributed by atoms with Crippen molar-refractivity contribution in [2.75, 3.05) is 0 Å². The maximum Gasteiger partial charge on any atom is 0.166 e. The van der Waals surface area contributed by atoms with Crippen molar-refractivity contribution >= 4 is 16.7 Å². The van der Waals surface area contributed by atoms with Gasteiger partial charge in [-0.15, -0.1) is 0 Å². The molecule has 1 aliphatic carbocycles. The van der Waals surface area contributed by atoms with Crippen molar-refractivity contribution in [3.8, 4) is 5.75 Å².